The number of ether oxygens (including phenoxy) is 1. The van der Waals surface area contributed by atoms with Crippen LogP contribution in [0.1, 0.15) is 19.9 Å². The van der Waals surface area contributed by atoms with Crippen LogP contribution in [0.15, 0.2) is 18.2 Å². The zero-order valence-corrected chi connectivity index (χ0v) is 11.8. The average molecular weight is 282 g/mol. The van der Waals surface area contributed by atoms with Crippen LogP contribution in [0.5, 0.6) is 0 Å². The number of benzene rings is 1. The van der Waals surface area contributed by atoms with Crippen LogP contribution in [0.2, 0.25) is 5.02 Å². The normalized spacial score (nSPS) is 12.9. The first-order valence-electron chi connectivity index (χ1n) is 5.96. The Morgan fingerprint density at radius 2 is 2.16 bits per heavy atom. The zero-order chi connectivity index (χ0) is 14.2. The molecule has 102 valence electrons. The van der Waals surface area contributed by atoms with Crippen LogP contribution in [0, 0.1) is 5.92 Å². The lowest BCUT2D eigenvalue weighted by atomic mass is 10.0. The molecule has 0 saturated heterocycles. The Bertz CT molecular complexity index is 622. The highest BCUT2D eigenvalue weighted by Gasteiger charge is 2.28. The summed E-state index contributed by atoms with van der Waals surface area (Å²) in [6.07, 6.45) is 0. The van der Waals surface area contributed by atoms with Gasteiger partial charge in [0.1, 0.15) is 6.04 Å². The van der Waals surface area contributed by atoms with E-state index < -0.39 is 6.04 Å². The van der Waals surface area contributed by atoms with E-state index in [1.807, 2.05) is 13.8 Å². The summed E-state index contributed by atoms with van der Waals surface area (Å²) in [7, 11) is 1.36. The van der Waals surface area contributed by atoms with Crippen molar-refractivity contribution in [1.29, 1.82) is 0 Å². The van der Waals surface area contributed by atoms with Crippen LogP contribution >= 0.6 is 11.6 Å². The Morgan fingerprint density at radius 3 is 2.74 bits per heavy atom. The number of anilines is 1. The van der Waals surface area contributed by atoms with Crippen molar-refractivity contribution in [2.75, 3.05) is 12.8 Å². The highest BCUT2D eigenvalue weighted by molar-refractivity contribution is 6.31. The van der Waals surface area contributed by atoms with Gasteiger partial charge in [-0.25, -0.2) is 9.78 Å². The van der Waals surface area contributed by atoms with Crippen molar-refractivity contribution in [3.63, 3.8) is 0 Å². The van der Waals surface area contributed by atoms with Crippen molar-refractivity contribution >= 4 is 34.6 Å². The van der Waals surface area contributed by atoms with Crippen molar-refractivity contribution in [2.45, 2.75) is 19.9 Å². The van der Waals surface area contributed by atoms with E-state index in [4.69, 9.17) is 22.1 Å². The molecule has 6 heteroatoms. The van der Waals surface area contributed by atoms with E-state index >= 15 is 0 Å². The van der Waals surface area contributed by atoms with Gasteiger partial charge < -0.3 is 10.5 Å². The van der Waals surface area contributed by atoms with Crippen molar-refractivity contribution in [3.05, 3.63) is 23.2 Å². The molecule has 2 N–H and O–H groups in total. The summed E-state index contributed by atoms with van der Waals surface area (Å²) in [5, 5.41) is 0.570. The number of nitrogen functional groups attached to an aromatic ring is 1. The van der Waals surface area contributed by atoms with Gasteiger partial charge in [-0.3, -0.25) is 4.57 Å². The molecule has 0 radical (unpaired) electrons. The maximum absolute atomic E-state index is 12.0. The van der Waals surface area contributed by atoms with Crippen LogP contribution in [0.3, 0.4) is 0 Å². The van der Waals surface area contributed by atoms with Crippen LogP contribution in [0.25, 0.3) is 11.0 Å². The number of halogens is 1. The Labute approximate surface area is 116 Å². The number of esters is 1. The molecule has 0 aliphatic carbocycles. The number of rotatable bonds is 3. The molecule has 1 heterocycles. The van der Waals surface area contributed by atoms with Gasteiger partial charge in [0.15, 0.2) is 0 Å². The van der Waals surface area contributed by atoms with Crippen LogP contribution in [-0.4, -0.2) is 22.6 Å². The fourth-order valence-electron chi connectivity index (χ4n) is 2.17. The zero-order valence-electron chi connectivity index (χ0n) is 11.1. The Morgan fingerprint density at radius 1 is 1.47 bits per heavy atom. The topological polar surface area (TPSA) is 70.1 Å². The lowest BCUT2D eigenvalue weighted by Crippen LogP contribution is -2.26. The maximum atomic E-state index is 12.0. The quantitative estimate of drug-likeness (QED) is 0.878. The lowest BCUT2D eigenvalue weighted by Gasteiger charge is -2.21. The summed E-state index contributed by atoms with van der Waals surface area (Å²) in [5.41, 5.74) is 7.37. The fraction of sp³-hybridized carbons (Fsp3) is 0.385. The second-order valence-electron chi connectivity index (χ2n) is 4.69. The van der Waals surface area contributed by atoms with Gasteiger partial charge in [-0.1, -0.05) is 25.4 Å². The minimum atomic E-state index is -0.520. The third-order valence-electron chi connectivity index (χ3n) is 3.03. The highest BCUT2D eigenvalue weighted by atomic mass is 35.5. The summed E-state index contributed by atoms with van der Waals surface area (Å²) in [6.45, 7) is 3.86. The summed E-state index contributed by atoms with van der Waals surface area (Å²) in [4.78, 5) is 16.2. The number of nitrogens with zero attached hydrogens (tertiary/aromatic N) is 2. The number of imidazole rings is 1. The van der Waals surface area contributed by atoms with Crippen molar-refractivity contribution in [1.82, 2.24) is 9.55 Å². The van der Waals surface area contributed by atoms with E-state index in [2.05, 4.69) is 4.98 Å². The minimum Gasteiger partial charge on any atom is -0.467 e. The van der Waals surface area contributed by atoms with E-state index in [-0.39, 0.29) is 17.8 Å². The van der Waals surface area contributed by atoms with Crippen LogP contribution in [-0.2, 0) is 9.53 Å². The van der Waals surface area contributed by atoms with Crippen LogP contribution in [0.4, 0.5) is 5.95 Å². The van der Waals surface area contributed by atoms with E-state index in [1.165, 1.54) is 7.11 Å². The first-order valence-corrected chi connectivity index (χ1v) is 6.34. The fourth-order valence-corrected chi connectivity index (χ4v) is 2.34. The first-order chi connectivity index (χ1) is 8.95. The number of fused-ring (bicyclic) bond motifs is 1. The number of aromatic nitrogens is 2. The number of hydrogen-bond donors (Lipinski definition) is 1. The molecule has 1 unspecified atom stereocenters. The van der Waals surface area contributed by atoms with E-state index in [0.717, 1.165) is 5.52 Å². The van der Waals surface area contributed by atoms with Crippen molar-refractivity contribution < 1.29 is 9.53 Å². The summed E-state index contributed by atoms with van der Waals surface area (Å²) < 4.78 is 6.53. The molecule has 2 aromatic rings. The average Bonchev–Trinajstić information content (AvgIpc) is 2.66. The van der Waals surface area contributed by atoms with E-state index in [1.54, 1.807) is 22.8 Å². The molecule has 0 fully saturated rings. The predicted octanol–water partition coefficient (Wildman–Crippen LogP) is 2.64. The van der Waals surface area contributed by atoms with Gasteiger partial charge in [-0.15, -0.1) is 0 Å². The first kappa shape index (κ1) is 13.7. The van der Waals surface area contributed by atoms with Gasteiger partial charge in [0, 0.05) is 5.02 Å². The number of carbonyl (C=O) groups is 1. The van der Waals surface area contributed by atoms with E-state index in [9.17, 15) is 4.79 Å². The summed E-state index contributed by atoms with van der Waals surface area (Å²) in [5.74, 6) is -0.0477. The molecule has 0 bridgehead atoms. The van der Waals surface area contributed by atoms with Crippen molar-refractivity contribution in [3.8, 4) is 0 Å². The number of hydrogen-bond acceptors (Lipinski definition) is 4. The molecule has 1 aromatic carbocycles. The Hall–Kier alpha value is -1.75. The smallest absolute Gasteiger partial charge is 0.329 e. The molecular weight excluding hydrogens is 266 g/mol. The molecule has 0 amide bonds. The highest BCUT2D eigenvalue weighted by Crippen LogP contribution is 2.29. The van der Waals surface area contributed by atoms with Gasteiger partial charge in [-0.2, -0.15) is 0 Å². The monoisotopic (exact) mass is 281 g/mol. The summed E-state index contributed by atoms with van der Waals surface area (Å²) in [6, 6.07) is 4.74. The predicted molar refractivity (Wildman–Crippen MR) is 75.0 cm³/mol. The molecule has 0 spiro atoms. The van der Waals surface area contributed by atoms with Gasteiger partial charge in [-0.05, 0) is 24.1 Å². The molecule has 1 aromatic heterocycles. The molecule has 2 rings (SSSR count). The largest absolute Gasteiger partial charge is 0.467 e. The molecular formula is C13H16ClN3O2. The number of nitrogens with two attached hydrogens (primary N) is 1. The lowest BCUT2D eigenvalue weighted by molar-refractivity contribution is -0.145. The maximum Gasteiger partial charge on any atom is 0.329 e. The standard InChI is InChI=1S/C13H16ClN3O2/c1-7(2)11(12(18)19-3)17-10-6-8(14)4-5-9(10)16-13(17)15/h4-7,11H,1-3H3,(H2,15,16). The second-order valence-corrected chi connectivity index (χ2v) is 5.12. The Kier molecular flexibility index (Phi) is 3.66. The number of carbonyl (C=O) groups excluding carboxylic acids is 1. The third kappa shape index (κ3) is 2.38. The number of methoxy groups -OCH3 is 1. The van der Waals surface area contributed by atoms with E-state index in [0.29, 0.717) is 10.5 Å². The minimum absolute atomic E-state index is 0.0196. The molecule has 19 heavy (non-hydrogen) atoms. The molecule has 5 nitrogen and oxygen atoms in total. The molecule has 0 aliphatic rings. The van der Waals surface area contributed by atoms with Crippen LogP contribution < -0.4 is 5.73 Å². The van der Waals surface area contributed by atoms with Gasteiger partial charge >= 0.3 is 5.97 Å². The molecule has 0 saturated carbocycles. The SMILES string of the molecule is COC(=O)C(C(C)C)n1c(N)nc2ccc(Cl)cc21. The van der Waals surface area contributed by atoms with Gasteiger partial charge in [0.25, 0.3) is 0 Å². The third-order valence-corrected chi connectivity index (χ3v) is 3.27. The second kappa shape index (κ2) is 5.09. The van der Waals surface area contributed by atoms with Gasteiger partial charge in [0.2, 0.25) is 5.95 Å². The summed E-state index contributed by atoms with van der Waals surface area (Å²) >= 11 is 6.00. The molecule has 1 atom stereocenters. The van der Waals surface area contributed by atoms with Crippen molar-refractivity contribution in [2.24, 2.45) is 5.92 Å². The Balaban J connectivity index is 2.68. The van der Waals surface area contributed by atoms with Gasteiger partial charge in [0.05, 0.1) is 18.1 Å². The molecule has 0 aliphatic heterocycles.